The number of aromatic nitrogens is 1. The van der Waals surface area contributed by atoms with Crippen molar-refractivity contribution in [2.75, 3.05) is 7.05 Å². The summed E-state index contributed by atoms with van der Waals surface area (Å²) in [6.07, 6.45) is 1.77. The van der Waals surface area contributed by atoms with Crippen molar-refractivity contribution in [3.63, 3.8) is 0 Å². The zero-order valence-electron chi connectivity index (χ0n) is 16.2. The number of aliphatic imine (C=N–C) groups is 1. The second-order valence-corrected chi connectivity index (χ2v) is 6.26. The highest BCUT2D eigenvalue weighted by Crippen LogP contribution is 2.22. The number of halogens is 3. The monoisotopic (exact) mass is 512 g/mol. The summed E-state index contributed by atoms with van der Waals surface area (Å²) in [6, 6.07) is 15.0. The van der Waals surface area contributed by atoms with Gasteiger partial charge in [-0.25, -0.2) is 0 Å². The third kappa shape index (κ3) is 6.25. The first-order valence-electron chi connectivity index (χ1n) is 8.88. The predicted octanol–water partition coefficient (Wildman–Crippen LogP) is 4.63. The van der Waals surface area contributed by atoms with Crippen LogP contribution in [0.4, 0.5) is 8.78 Å². The lowest BCUT2D eigenvalue weighted by Gasteiger charge is -2.15. The van der Waals surface area contributed by atoms with Gasteiger partial charge in [0.05, 0.1) is 5.52 Å². The van der Waals surface area contributed by atoms with E-state index in [4.69, 9.17) is 0 Å². The van der Waals surface area contributed by atoms with E-state index >= 15 is 0 Å². The molecule has 1 heterocycles. The van der Waals surface area contributed by atoms with Crippen molar-refractivity contribution in [3.8, 4) is 5.75 Å². The number of rotatable bonds is 6. The summed E-state index contributed by atoms with van der Waals surface area (Å²) < 4.78 is 29.8. The summed E-state index contributed by atoms with van der Waals surface area (Å²) >= 11 is 0. The normalized spacial score (nSPS) is 11.3. The molecule has 0 fully saturated rings. The maximum absolute atomic E-state index is 12.6. The average Bonchev–Trinajstić information content (AvgIpc) is 2.69. The first-order chi connectivity index (χ1) is 13.6. The van der Waals surface area contributed by atoms with Crippen LogP contribution in [0, 0.1) is 6.92 Å². The van der Waals surface area contributed by atoms with Crippen LogP contribution in [-0.4, -0.2) is 24.6 Å². The van der Waals surface area contributed by atoms with Crippen LogP contribution in [0.15, 0.2) is 59.7 Å². The SMILES string of the molecule is CN=C(NCc1cc(C)ccc1OC(F)F)NCc1ccnc2ccccc12.I. The van der Waals surface area contributed by atoms with Gasteiger partial charge >= 0.3 is 6.61 Å². The molecule has 0 aliphatic heterocycles. The van der Waals surface area contributed by atoms with Gasteiger partial charge in [0.15, 0.2) is 5.96 Å². The Hall–Kier alpha value is -2.49. The molecule has 0 atom stereocenters. The molecule has 0 saturated carbocycles. The summed E-state index contributed by atoms with van der Waals surface area (Å²) in [5.74, 6) is 0.717. The Labute approximate surface area is 185 Å². The van der Waals surface area contributed by atoms with Gasteiger partial charge in [0, 0.05) is 37.3 Å². The third-order valence-electron chi connectivity index (χ3n) is 4.29. The van der Waals surface area contributed by atoms with Crippen LogP contribution in [-0.2, 0) is 13.1 Å². The molecule has 0 unspecified atom stereocenters. The molecular weight excluding hydrogens is 489 g/mol. The van der Waals surface area contributed by atoms with Crippen LogP contribution >= 0.6 is 24.0 Å². The number of alkyl halides is 2. The fraction of sp³-hybridized carbons (Fsp3) is 0.238. The molecule has 3 rings (SSSR count). The minimum atomic E-state index is -2.86. The fourth-order valence-electron chi connectivity index (χ4n) is 2.95. The summed E-state index contributed by atoms with van der Waals surface area (Å²) in [4.78, 5) is 8.56. The minimum Gasteiger partial charge on any atom is -0.434 e. The van der Waals surface area contributed by atoms with Crippen molar-refractivity contribution in [1.82, 2.24) is 15.6 Å². The van der Waals surface area contributed by atoms with Crippen LogP contribution in [0.2, 0.25) is 0 Å². The zero-order valence-corrected chi connectivity index (χ0v) is 18.5. The number of nitrogens with zero attached hydrogens (tertiary/aromatic N) is 2. The Morgan fingerprint density at radius 1 is 1.07 bits per heavy atom. The highest BCUT2D eigenvalue weighted by atomic mass is 127. The number of nitrogens with one attached hydrogen (secondary N) is 2. The van der Waals surface area contributed by atoms with E-state index < -0.39 is 6.61 Å². The van der Waals surface area contributed by atoms with E-state index in [1.54, 1.807) is 25.4 Å². The van der Waals surface area contributed by atoms with E-state index in [1.165, 1.54) is 0 Å². The Bertz CT molecular complexity index is 977. The van der Waals surface area contributed by atoms with Crippen molar-refractivity contribution in [3.05, 3.63) is 71.4 Å². The van der Waals surface area contributed by atoms with Crippen molar-refractivity contribution >= 4 is 40.8 Å². The second kappa shape index (κ2) is 10.9. The van der Waals surface area contributed by atoms with E-state index in [1.807, 2.05) is 43.3 Å². The van der Waals surface area contributed by atoms with Crippen LogP contribution in [0.25, 0.3) is 10.9 Å². The summed E-state index contributed by atoms with van der Waals surface area (Å²) in [6.45, 7) is -0.104. The quantitative estimate of drug-likeness (QED) is 0.288. The number of pyridine rings is 1. The van der Waals surface area contributed by atoms with Crippen LogP contribution in [0.1, 0.15) is 16.7 Å². The first kappa shape index (κ1) is 22.8. The number of fused-ring (bicyclic) bond motifs is 1. The van der Waals surface area contributed by atoms with E-state index in [-0.39, 0.29) is 29.7 Å². The summed E-state index contributed by atoms with van der Waals surface area (Å²) in [7, 11) is 1.66. The number of para-hydroxylation sites is 1. The average molecular weight is 512 g/mol. The molecule has 0 aliphatic rings. The summed E-state index contributed by atoms with van der Waals surface area (Å²) in [5, 5.41) is 7.46. The zero-order chi connectivity index (χ0) is 19.9. The fourth-order valence-corrected chi connectivity index (χ4v) is 2.95. The topological polar surface area (TPSA) is 58.5 Å². The molecule has 0 amide bonds. The molecule has 2 N–H and O–H groups in total. The van der Waals surface area contributed by atoms with Gasteiger partial charge in [-0.05, 0) is 30.7 Å². The molecule has 0 spiro atoms. The van der Waals surface area contributed by atoms with Crippen molar-refractivity contribution in [2.24, 2.45) is 4.99 Å². The maximum atomic E-state index is 12.6. The molecule has 0 radical (unpaired) electrons. The summed E-state index contributed by atoms with van der Waals surface area (Å²) in [5.41, 5.74) is 3.62. The van der Waals surface area contributed by atoms with Crippen LogP contribution < -0.4 is 15.4 Å². The van der Waals surface area contributed by atoms with Gasteiger partial charge in [0.2, 0.25) is 0 Å². The van der Waals surface area contributed by atoms with Crippen molar-refractivity contribution in [1.29, 1.82) is 0 Å². The van der Waals surface area contributed by atoms with Gasteiger partial charge in [-0.15, -0.1) is 24.0 Å². The number of benzene rings is 2. The Morgan fingerprint density at radius 2 is 1.79 bits per heavy atom. The smallest absolute Gasteiger partial charge is 0.387 e. The molecular formula is C21H23F2IN4O. The molecule has 0 saturated heterocycles. The largest absolute Gasteiger partial charge is 0.434 e. The van der Waals surface area contributed by atoms with Gasteiger partial charge < -0.3 is 15.4 Å². The van der Waals surface area contributed by atoms with E-state index in [9.17, 15) is 8.78 Å². The van der Waals surface area contributed by atoms with Crippen molar-refractivity contribution in [2.45, 2.75) is 26.6 Å². The lowest BCUT2D eigenvalue weighted by atomic mass is 10.1. The molecule has 29 heavy (non-hydrogen) atoms. The standard InChI is InChI=1S/C21H22F2N4O.HI/c1-14-7-8-19(28-20(22)23)16(11-14)13-27-21(24-2)26-12-15-9-10-25-18-6-4-3-5-17(15)18;/h3-11,20H,12-13H2,1-2H3,(H2,24,26,27);1H. The van der Waals surface area contributed by atoms with E-state index in [0.29, 0.717) is 24.6 Å². The van der Waals surface area contributed by atoms with Gasteiger partial charge in [-0.1, -0.05) is 35.9 Å². The van der Waals surface area contributed by atoms with Crippen LogP contribution in [0.5, 0.6) is 5.75 Å². The Balaban J connectivity index is 0.00000300. The second-order valence-electron chi connectivity index (χ2n) is 6.26. The first-order valence-corrected chi connectivity index (χ1v) is 8.88. The lowest BCUT2D eigenvalue weighted by molar-refractivity contribution is -0.0504. The molecule has 0 bridgehead atoms. The van der Waals surface area contributed by atoms with E-state index in [0.717, 1.165) is 22.0 Å². The highest BCUT2D eigenvalue weighted by molar-refractivity contribution is 14.0. The number of aryl methyl sites for hydroxylation is 1. The number of ether oxygens (including phenoxy) is 1. The van der Waals surface area contributed by atoms with Gasteiger partial charge in [-0.2, -0.15) is 8.78 Å². The van der Waals surface area contributed by atoms with Crippen molar-refractivity contribution < 1.29 is 13.5 Å². The number of hydrogen-bond donors (Lipinski definition) is 2. The van der Waals surface area contributed by atoms with E-state index in [2.05, 4.69) is 25.3 Å². The molecule has 3 aromatic rings. The number of guanidine groups is 1. The third-order valence-corrected chi connectivity index (χ3v) is 4.29. The molecule has 1 aromatic heterocycles. The predicted molar refractivity (Wildman–Crippen MR) is 122 cm³/mol. The highest BCUT2D eigenvalue weighted by Gasteiger charge is 2.11. The molecule has 8 heteroatoms. The Morgan fingerprint density at radius 3 is 2.52 bits per heavy atom. The minimum absolute atomic E-state index is 0. The van der Waals surface area contributed by atoms with Crippen LogP contribution in [0.3, 0.4) is 0 Å². The number of hydrogen-bond acceptors (Lipinski definition) is 3. The molecule has 5 nitrogen and oxygen atoms in total. The van der Waals surface area contributed by atoms with Gasteiger partial charge in [0.25, 0.3) is 0 Å². The molecule has 154 valence electrons. The molecule has 0 aliphatic carbocycles. The lowest BCUT2D eigenvalue weighted by Crippen LogP contribution is -2.36. The van der Waals surface area contributed by atoms with Gasteiger partial charge in [-0.3, -0.25) is 9.98 Å². The van der Waals surface area contributed by atoms with Gasteiger partial charge in [0.1, 0.15) is 5.75 Å². The Kier molecular flexibility index (Phi) is 8.56. The maximum Gasteiger partial charge on any atom is 0.387 e. The molecule has 2 aromatic carbocycles.